The molecule has 132 valence electrons. The minimum absolute atomic E-state index is 0.386. The van der Waals surface area contributed by atoms with E-state index in [-0.39, 0.29) is 20.9 Å². The normalized spacial score (nSPS) is 13.7. The summed E-state index contributed by atoms with van der Waals surface area (Å²) in [6.07, 6.45) is 0. The van der Waals surface area contributed by atoms with Crippen molar-refractivity contribution in [3.63, 3.8) is 0 Å². The van der Waals surface area contributed by atoms with Crippen LogP contribution in [0.2, 0.25) is 0 Å². The fourth-order valence-electron chi connectivity index (χ4n) is 4.11. The Labute approximate surface area is 174 Å². The molecule has 0 unspecified atom stereocenters. The van der Waals surface area contributed by atoms with Crippen LogP contribution in [0.25, 0.3) is 11.1 Å². The van der Waals surface area contributed by atoms with Gasteiger partial charge in [-0.25, -0.2) is 0 Å². The van der Waals surface area contributed by atoms with Gasteiger partial charge in [-0.3, -0.25) is 0 Å². The Morgan fingerprint density at radius 2 is 0.821 bits per heavy atom. The van der Waals surface area contributed by atoms with Crippen LogP contribution in [0.5, 0.6) is 11.5 Å². The van der Waals surface area contributed by atoms with Gasteiger partial charge in [0.05, 0.1) is 0 Å². The Morgan fingerprint density at radius 1 is 0.429 bits per heavy atom. The third-order valence-electron chi connectivity index (χ3n) is 5.32. The van der Waals surface area contributed by atoms with Crippen LogP contribution in [-0.4, -0.2) is 20.9 Å². The monoisotopic (exact) mass is 474 g/mol. The van der Waals surface area contributed by atoms with Crippen LogP contribution >= 0.6 is 0 Å². The van der Waals surface area contributed by atoms with Gasteiger partial charge in [0.2, 0.25) is 0 Å². The average Bonchev–Trinajstić information content (AvgIpc) is 2.76. The summed E-state index contributed by atoms with van der Waals surface area (Å²) in [4.78, 5) is 0. The molecule has 0 amide bonds. The predicted octanol–water partition coefficient (Wildman–Crippen LogP) is 4.77. The van der Waals surface area contributed by atoms with Crippen molar-refractivity contribution in [2.45, 2.75) is 0 Å². The van der Waals surface area contributed by atoms with Crippen molar-refractivity contribution in [2.75, 3.05) is 0 Å². The van der Waals surface area contributed by atoms with Gasteiger partial charge >= 0.3 is 175 Å². The Bertz CT molecular complexity index is 1070. The summed E-state index contributed by atoms with van der Waals surface area (Å²) in [6, 6.07) is 34.7. The van der Waals surface area contributed by atoms with Crippen LogP contribution in [0.4, 0.5) is 0 Å². The molecule has 28 heavy (non-hydrogen) atoms. The van der Waals surface area contributed by atoms with Gasteiger partial charge in [0.25, 0.3) is 0 Å². The van der Waals surface area contributed by atoms with E-state index in [0.717, 1.165) is 11.5 Å². The van der Waals surface area contributed by atoms with Gasteiger partial charge in [-0.05, 0) is 0 Å². The van der Waals surface area contributed by atoms with Crippen molar-refractivity contribution in [1.82, 2.24) is 0 Å². The van der Waals surface area contributed by atoms with E-state index >= 15 is 0 Å². The van der Waals surface area contributed by atoms with E-state index in [9.17, 15) is 0 Å². The molecule has 0 aliphatic carbocycles. The third kappa shape index (κ3) is 2.39. The number of fused-ring (bicyclic) bond motifs is 4. The molecule has 6 rings (SSSR count). The number of hydrogen-bond acceptors (Lipinski definition) is 1. The molecular weight excluding hydrogens is 456 g/mol. The van der Waals surface area contributed by atoms with Crippen molar-refractivity contribution in [2.24, 2.45) is 0 Å². The number of benzene rings is 4. The quantitative estimate of drug-likeness (QED) is 0.290. The van der Waals surface area contributed by atoms with Crippen LogP contribution in [0.1, 0.15) is 22.3 Å². The van der Waals surface area contributed by atoms with Crippen LogP contribution in [-0.2, 0) is 0 Å². The maximum atomic E-state index is 6.25. The molecule has 0 saturated heterocycles. The van der Waals surface area contributed by atoms with E-state index in [4.69, 9.17) is 4.74 Å². The molecule has 0 atom stereocenters. The van der Waals surface area contributed by atoms with Gasteiger partial charge in [0.15, 0.2) is 0 Å². The summed E-state index contributed by atoms with van der Waals surface area (Å²) >= 11 is -0.386. The van der Waals surface area contributed by atoms with Gasteiger partial charge < -0.3 is 0 Å². The minimum atomic E-state index is -0.386. The Balaban J connectivity index is 1.80. The van der Waals surface area contributed by atoms with Crippen molar-refractivity contribution in [3.05, 3.63) is 119 Å². The van der Waals surface area contributed by atoms with E-state index in [1.807, 2.05) is 12.1 Å². The molecule has 2 heterocycles. The SMILES string of the molecule is c1ccc2c(c1)Oc1ccccc1C2=C1c2ccccc2[Te]c2ccccc21. The summed E-state index contributed by atoms with van der Waals surface area (Å²) in [6.45, 7) is 0. The zero-order chi connectivity index (χ0) is 18.5. The van der Waals surface area contributed by atoms with Crippen LogP contribution < -0.4 is 12.0 Å². The molecule has 0 aromatic heterocycles. The van der Waals surface area contributed by atoms with Gasteiger partial charge in [0, 0.05) is 0 Å². The molecule has 0 radical (unpaired) electrons. The van der Waals surface area contributed by atoms with Gasteiger partial charge in [-0.1, -0.05) is 0 Å². The molecule has 2 heteroatoms. The second kappa shape index (κ2) is 6.38. The summed E-state index contributed by atoms with van der Waals surface area (Å²) in [5.41, 5.74) is 7.72. The molecule has 0 N–H and O–H groups in total. The number of hydrogen-bond donors (Lipinski definition) is 0. The van der Waals surface area contributed by atoms with Gasteiger partial charge in [-0.2, -0.15) is 0 Å². The number of para-hydroxylation sites is 2. The van der Waals surface area contributed by atoms with E-state index < -0.39 is 0 Å². The number of ether oxygens (including phenoxy) is 1. The molecule has 2 aliphatic rings. The van der Waals surface area contributed by atoms with Gasteiger partial charge in [-0.15, -0.1) is 0 Å². The molecule has 1 nitrogen and oxygen atoms in total. The Hall–Kier alpha value is -2.79. The molecule has 0 spiro atoms. The molecule has 4 aromatic carbocycles. The van der Waals surface area contributed by atoms with Crippen molar-refractivity contribution in [1.29, 1.82) is 0 Å². The average molecular weight is 472 g/mol. The fourth-order valence-corrected chi connectivity index (χ4v) is 7.23. The molecule has 2 aliphatic heterocycles. The fraction of sp³-hybridized carbons (Fsp3) is 0. The molecule has 0 saturated carbocycles. The molecule has 4 aromatic rings. The van der Waals surface area contributed by atoms with E-state index in [2.05, 4.69) is 84.9 Å². The topological polar surface area (TPSA) is 9.23 Å². The second-order valence-corrected chi connectivity index (χ2v) is 10.0. The van der Waals surface area contributed by atoms with Crippen LogP contribution in [0, 0.1) is 0 Å². The van der Waals surface area contributed by atoms with Crippen molar-refractivity contribution in [3.8, 4) is 11.5 Å². The summed E-state index contributed by atoms with van der Waals surface area (Å²) in [5, 5.41) is 0. The first-order valence-corrected chi connectivity index (χ1v) is 11.7. The molecular formula is C26H16OTe. The Morgan fingerprint density at radius 3 is 1.36 bits per heavy atom. The Kier molecular flexibility index (Phi) is 3.69. The zero-order valence-electron chi connectivity index (χ0n) is 15.1. The van der Waals surface area contributed by atoms with E-state index in [1.165, 1.54) is 40.6 Å². The second-order valence-electron chi connectivity index (χ2n) is 6.94. The summed E-state index contributed by atoms with van der Waals surface area (Å²) in [5.74, 6) is 1.86. The maximum absolute atomic E-state index is 6.25. The molecule has 0 bridgehead atoms. The standard InChI is InChI=1S/C26H16OTe/c1-5-13-21-17(9-1)25(18-10-2-6-14-22(18)27-21)26-19-11-3-7-15-23(19)28-24-16-8-4-12-20(24)26/h1-16H. The van der Waals surface area contributed by atoms with Crippen LogP contribution in [0.15, 0.2) is 97.1 Å². The number of rotatable bonds is 0. The van der Waals surface area contributed by atoms with Crippen molar-refractivity contribution < 1.29 is 4.74 Å². The first kappa shape index (κ1) is 16.2. The van der Waals surface area contributed by atoms with Gasteiger partial charge in [0.1, 0.15) is 0 Å². The molecule has 0 fully saturated rings. The van der Waals surface area contributed by atoms with E-state index in [1.54, 1.807) is 0 Å². The zero-order valence-corrected chi connectivity index (χ0v) is 17.4. The first-order valence-electron chi connectivity index (χ1n) is 9.38. The third-order valence-corrected chi connectivity index (χ3v) is 8.60. The first-order chi connectivity index (χ1) is 13.9. The van der Waals surface area contributed by atoms with E-state index in [0.29, 0.717) is 0 Å². The summed E-state index contributed by atoms with van der Waals surface area (Å²) in [7, 11) is 0. The van der Waals surface area contributed by atoms with Crippen molar-refractivity contribution >= 4 is 39.3 Å². The summed E-state index contributed by atoms with van der Waals surface area (Å²) < 4.78 is 9.27. The predicted molar refractivity (Wildman–Crippen MR) is 116 cm³/mol. The van der Waals surface area contributed by atoms with Crippen LogP contribution in [0.3, 0.4) is 0 Å².